The highest BCUT2D eigenvalue weighted by atomic mass is 16.6. The van der Waals surface area contributed by atoms with Crippen molar-refractivity contribution in [1.29, 1.82) is 0 Å². The molecule has 1 amide bonds. The Morgan fingerprint density at radius 2 is 1.86 bits per heavy atom. The number of aliphatic hydroxyl groups is 1. The molecule has 0 aliphatic heterocycles. The molecule has 0 saturated carbocycles. The Labute approximate surface area is 221 Å². The number of esters is 1. The molecule has 2 N–H and O–H groups in total. The van der Waals surface area contributed by atoms with E-state index in [2.05, 4.69) is 25.7 Å². The maximum Gasteiger partial charge on any atom is 0.412 e. The van der Waals surface area contributed by atoms with Gasteiger partial charge < -0.3 is 34.1 Å². The number of alkyl carbamates (subject to hydrolysis) is 1. The van der Waals surface area contributed by atoms with Crippen LogP contribution in [0.25, 0.3) is 0 Å². The molecule has 3 atom stereocenters. The number of benzene rings is 1. The van der Waals surface area contributed by atoms with E-state index in [1.165, 1.54) is 0 Å². The highest BCUT2D eigenvalue weighted by Crippen LogP contribution is 2.31. The van der Waals surface area contributed by atoms with Gasteiger partial charge in [-0.3, -0.25) is 4.79 Å². The number of amides is 1. The van der Waals surface area contributed by atoms with Crippen molar-refractivity contribution in [1.82, 2.24) is 5.32 Å². The zero-order valence-corrected chi connectivity index (χ0v) is 23.2. The molecule has 0 heterocycles. The minimum Gasteiger partial charge on any atom is -0.493 e. The number of methoxy groups -OCH3 is 2. The molecule has 0 unspecified atom stereocenters. The first-order valence-electron chi connectivity index (χ1n) is 12.9. The third-order valence-corrected chi connectivity index (χ3v) is 5.96. The van der Waals surface area contributed by atoms with Crippen LogP contribution in [0, 0.1) is 11.8 Å². The van der Waals surface area contributed by atoms with E-state index in [4.69, 9.17) is 23.7 Å². The minimum atomic E-state index is -0.959. The lowest BCUT2D eigenvalue weighted by Gasteiger charge is -2.30. The van der Waals surface area contributed by atoms with Crippen molar-refractivity contribution in [3.63, 3.8) is 0 Å². The first-order chi connectivity index (χ1) is 17.6. The number of hydrogen-bond acceptors (Lipinski definition) is 8. The minimum absolute atomic E-state index is 0.0529. The summed E-state index contributed by atoms with van der Waals surface area (Å²) in [5, 5.41) is 13.7. The molecule has 210 valence electrons. The van der Waals surface area contributed by atoms with Crippen molar-refractivity contribution in [2.45, 2.75) is 71.9 Å². The molecule has 9 nitrogen and oxygen atoms in total. The molecule has 0 radical (unpaired) electrons. The van der Waals surface area contributed by atoms with E-state index >= 15 is 0 Å². The summed E-state index contributed by atoms with van der Waals surface area (Å²) < 4.78 is 26.5. The summed E-state index contributed by atoms with van der Waals surface area (Å²) in [5.74, 6) is 1.51. The zero-order chi connectivity index (χ0) is 27.8. The lowest BCUT2D eigenvalue weighted by Crippen LogP contribution is -2.45. The van der Waals surface area contributed by atoms with E-state index < -0.39 is 18.2 Å². The van der Waals surface area contributed by atoms with Gasteiger partial charge >= 0.3 is 12.1 Å². The van der Waals surface area contributed by atoms with Crippen molar-refractivity contribution >= 4 is 12.1 Å². The van der Waals surface area contributed by atoms with Gasteiger partial charge in [-0.1, -0.05) is 26.5 Å². The lowest BCUT2D eigenvalue weighted by atomic mass is 9.82. The topological polar surface area (TPSA) is 113 Å². The zero-order valence-electron chi connectivity index (χ0n) is 23.2. The summed E-state index contributed by atoms with van der Waals surface area (Å²) in [6.07, 6.45) is 0.485. The molecular formula is C28H45NO8. The molecular weight excluding hydrogens is 478 g/mol. The number of carbonyl (C=O) groups is 2. The smallest absolute Gasteiger partial charge is 0.412 e. The van der Waals surface area contributed by atoms with Gasteiger partial charge in [0, 0.05) is 26.6 Å². The fourth-order valence-electron chi connectivity index (χ4n) is 3.92. The second-order valence-corrected chi connectivity index (χ2v) is 9.38. The number of ether oxygens (including phenoxy) is 5. The third-order valence-electron chi connectivity index (χ3n) is 5.96. The van der Waals surface area contributed by atoms with E-state index in [9.17, 15) is 14.7 Å². The van der Waals surface area contributed by atoms with E-state index in [1.54, 1.807) is 28.1 Å². The van der Waals surface area contributed by atoms with Crippen LogP contribution in [0.3, 0.4) is 0 Å². The van der Waals surface area contributed by atoms with Gasteiger partial charge in [0.1, 0.15) is 0 Å². The number of nitrogens with one attached hydrogen (secondary N) is 1. The fraction of sp³-hybridized carbons (Fsp3) is 0.643. The van der Waals surface area contributed by atoms with Crippen LogP contribution in [0.4, 0.5) is 4.79 Å². The second-order valence-electron chi connectivity index (χ2n) is 9.38. The van der Waals surface area contributed by atoms with Crippen LogP contribution < -0.4 is 14.8 Å². The maximum atomic E-state index is 12.3. The molecule has 37 heavy (non-hydrogen) atoms. The Morgan fingerprint density at radius 1 is 1.14 bits per heavy atom. The molecule has 1 aromatic carbocycles. The average molecular weight is 524 g/mol. The van der Waals surface area contributed by atoms with Crippen molar-refractivity contribution in [3.05, 3.63) is 36.1 Å². The van der Waals surface area contributed by atoms with Crippen LogP contribution in [0.5, 0.6) is 11.5 Å². The molecule has 0 bridgehead atoms. The summed E-state index contributed by atoms with van der Waals surface area (Å²) >= 11 is 0. The van der Waals surface area contributed by atoms with Crippen LogP contribution in [0.15, 0.2) is 30.5 Å². The fourth-order valence-corrected chi connectivity index (χ4v) is 3.92. The third kappa shape index (κ3) is 12.8. The van der Waals surface area contributed by atoms with Crippen molar-refractivity contribution in [2.24, 2.45) is 11.8 Å². The first-order valence-corrected chi connectivity index (χ1v) is 12.9. The second kappa shape index (κ2) is 17.6. The van der Waals surface area contributed by atoms with E-state index in [-0.39, 0.29) is 43.0 Å². The van der Waals surface area contributed by atoms with Crippen LogP contribution in [0.2, 0.25) is 0 Å². The molecule has 1 rings (SSSR count). The standard InChI is InChI=1S/C28H45NO8/c1-8-35-27(31)13-11-24(30)23(29-28(32)37-20(4)5)18-22(19(2)3)16-21-10-12-25(34-7)26(17-21)36-15-9-14-33-6/h10,12,17,19,22-24,30H,4,8-9,11,13-16,18H2,1-3,5-7H3,(H,29,32)/t22-,23-,24-/m0/s1. The summed E-state index contributed by atoms with van der Waals surface area (Å²) in [5.41, 5.74) is 1.05. The van der Waals surface area contributed by atoms with Gasteiger partial charge in [0.25, 0.3) is 0 Å². The predicted octanol–water partition coefficient (Wildman–Crippen LogP) is 4.65. The van der Waals surface area contributed by atoms with Gasteiger partial charge in [0.2, 0.25) is 0 Å². The van der Waals surface area contributed by atoms with E-state index in [0.717, 1.165) is 12.0 Å². The Morgan fingerprint density at radius 3 is 2.46 bits per heavy atom. The Kier molecular flexibility index (Phi) is 15.4. The predicted molar refractivity (Wildman–Crippen MR) is 142 cm³/mol. The molecule has 0 aromatic heterocycles. The van der Waals surface area contributed by atoms with E-state index in [1.807, 2.05) is 18.2 Å². The summed E-state index contributed by atoms with van der Waals surface area (Å²) in [6.45, 7) is 12.5. The quantitative estimate of drug-likeness (QED) is 0.162. The molecule has 0 aliphatic carbocycles. The van der Waals surface area contributed by atoms with Crippen LogP contribution >= 0.6 is 0 Å². The van der Waals surface area contributed by atoms with Crippen LogP contribution in [-0.2, 0) is 25.4 Å². The molecule has 9 heteroatoms. The molecule has 0 aliphatic rings. The lowest BCUT2D eigenvalue weighted by molar-refractivity contribution is -0.143. The monoisotopic (exact) mass is 523 g/mol. The Balaban J connectivity index is 3.03. The maximum absolute atomic E-state index is 12.3. The number of allylic oxidation sites excluding steroid dienone is 1. The van der Waals surface area contributed by atoms with Crippen LogP contribution in [0.1, 0.15) is 58.9 Å². The summed E-state index contributed by atoms with van der Waals surface area (Å²) in [7, 11) is 3.26. The highest BCUT2D eigenvalue weighted by Gasteiger charge is 2.28. The Bertz CT molecular complexity index is 841. The Hall–Kier alpha value is -2.78. The number of carbonyl (C=O) groups excluding carboxylic acids is 2. The SMILES string of the molecule is C=C(C)OC(=O)N[C@@H](C[C@H](Cc1ccc(OC)c(OCCCOC)c1)C(C)C)[C@@H](O)CCC(=O)OCC. The summed E-state index contributed by atoms with van der Waals surface area (Å²) in [4.78, 5) is 24.2. The highest BCUT2D eigenvalue weighted by molar-refractivity contribution is 5.70. The first kappa shape index (κ1) is 32.2. The van der Waals surface area contributed by atoms with Gasteiger partial charge in [0.05, 0.1) is 38.2 Å². The number of aliphatic hydroxyl groups excluding tert-OH is 1. The van der Waals surface area contributed by atoms with Gasteiger partial charge in [-0.15, -0.1) is 0 Å². The number of hydrogen-bond donors (Lipinski definition) is 2. The van der Waals surface area contributed by atoms with Gasteiger partial charge in [0.15, 0.2) is 11.5 Å². The molecule has 0 spiro atoms. The van der Waals surface area contributed by atoms with Gasteiger partial charge in [-0.05, 0) is 62.6 Å². The van der Waals surface area contributed by atoms with Gasteiger partial charge in [-0.2, -0.15) is 0 Å². The molecule has 0 fully saturated rings. The largest absolute Gasteiger partial charge is 0.493 e. The normalized spacial score (nSPS) is 13.4. The van der Waals surface area contributed by atoms with Crippen molar-refractivity contribution < 1.29 is 38.4 Å². The van der Waals surface area contributed by atoms with Crippen molar-refractivity contribution in [3.8, 4) is 11.5 Å². The van der Waals surface area contributed by atoms with Gasteiger partial charge in [-0.25, -0.2) is 4.79 Å². The molecule has 1 aromatic rings. The summed E-state index contributed by atoms with van der Waals surface area (Å²) in [6, 6.07) is 5.21. The van der Waals surface area contributed by atoms with Crippen LogP contribution in [-0.4, -0.2) is 63.4 Å². The van der Waals surface area contributed by atoms with Crippen molar-refractivity contribution in [2.75, 3.05) is 34.0 Å². The average Bonchev–Trinajstić information content (AvgIpc) is 2.84. The van der Waals surface area contributed by atoms with E-state index in [0.29, 0.717) is 37.6 Å². The number of rotatable bonds is 18. The molecule has 0 saturated heterocycles.